The van der Waals surface area contributed by atoms with Crippen LogP contribution in [0.2, 0.25) is 0 Å². The molecule has 1 aromatic heterocycles. The molecule has 5 nitrogen and oxygen atoms in total. The SMILES string of the molecule is CC(C)Cn1ncnc1CN(C)c1cccc(C(N)=S)c1. The van der Waals surface area contributed by atoms with Crippen LogP contribution >= 0.6 is 12.2 Å². The third-order valence-electron chi connectivity index (χ3n) is 3.18. The van der Waals surface area contributed by atoms with Gasteiger partial charge < -0.3 is 10.6 Å². The molecule has 0 fully saturated rings. The minimum Gasteiger partial charge on any atom is -0.389 e. The molecule has 0 aliphatic heterocycles. The summed E-state index contributed by atoms with van der Waals surface area (Å²) in [5.74, 6) is 1.49. The third kappa shape index (κ3) is 4.01. The predicted octanol–water partition coefficient (Wildman–Crippen LogP) is 2.20. The summed E-state index contributed by atoms with van der Waals surface area (Å²) in [6.45, 7) is 5.89. The lowest BCUT2D eigenvalue weighted by Gasteiger charge is -2.20. The first-order valence-electron chi connectivity index (χ1n) is 6.95. The Morgan fingerprint density at radius 1 is 1.43 bits per heavy atom. The molecule has 0 atom stereocenters. The highest BCUT2D eigenvalue weighted by Crippen LogP contribution is 2.17. The monoisotopic (exact) mass is 303 g/mol. The molecular weight excluding hydrogens is 282 g/mol. The van der Waals surface area contributed by atoms with E-state index in [1.165, 1.54) is 0 Å². The highest BCUT2D eigenvalue weighted by molar-refractivity contribution is 7.80. The van der Waals surface area contributed by atoms with Gasteiger partial charge >= 0.3 is 0 Å². The summed E-state index contributed by atoms with van der Waals surface area (Å²) < 4.78 is 1.96. The van der Waals surface area contributed by atoms with Gasteiger partial charge in [-0.2, -0.15) is 5.10 Å². The first kappa shape index (κ1) is 15.4. The number of hydrogen-bond donors (Lipinski definition) is 1. The van der Waals surface area contributed by atoms with Crippen LogP contribution in [-0.4, -0.2) is 26.8 Å². The molecule has 0 saturated heterocycles. The molecule has 0 amide bonds. The average Bonchev–Trinajstić information content (AvgIpc) is 2.85. The van der Waals surface area contributed by atoms with Crippen LogP contribution in [0, 0.1) is 5.92 Å². The van der Waals surface area contributed by atoms with Crippen molar-refractivity contribution in [2.75, 3.05) is 11.9 Å². The predicted molar refractivity (Wildman–Crippen MR) is 89.3 cm³/mol. The Balaban J connectivity index is 2.14. The van der Waals surface area contributed by atoms with Crippen LogP contribution in [0.3, 0.4) is 0 Å². The van der Waals surface area contributed by atoms with Crippen molar-refractivity contribution in [2.24, 2.45) is 11.7 Å². The van der Waals surface area contributed by atoms with Crippen molar-refractivity contribution in [1.82, 2.24) is 14.8 Å². The van der Waals surface area contributed by atoms with Crippen molar-refractivity contribution >= 4 is 22.9 Å². The van der Waals surface area contributed by atoms with E-state index in [0.717, 1.165) is 23.6 Å². The Hall–Kier alpha value is -1.95. The Labute approximate surface area is 130 Å². The highest BCUT2D eigenvalue weighted by Gasteiger charge is 2.10. The number of hydrogen-bond acceptors (Lipinski definition) is 4. The van der Waals surface area contributed by atoms with E-state index < -0.39 is 0 Å². The molecule has 6 heteroatoms. The van der Waals surface area contributed by atoms with Gasteiger partial charge in [0.05, 0.1) is 6.54 Å². The molecule has 2 rings (SSSR count). The van der Waals surface area contributed by atoms with Crippen molar-refractivity contribution in [3.8, 4) is 0 Å². The fraction of sp³-hybridized carbons (Fsp3) is 0.400. The zero-order chi connectivity index (χ0) is 15.4. The van der Waals surface area contributed by atoms with E-state index >= 15 is 0 Å². The van der Waals surface area contributed by atoms with Gasteiger partial charge in [-0.25, -0.2) is 9.67 Å². The minimum atomic E-state index is 0.410. The Kier molecular flexibility index (Phi) is 4.90. The quantitative estimate of drug-likeness (QED) is 0.829. The Morgan fingerprint density at radius 3 is 2.86 bits per heavy atom. The van der Waals surface area contributed by atoms with E-state index in [1.54, 1.807) is 6.33 Å². The summed E-state index contributed by atoms with van der Waals surface area (Å²) in [5, 5.41) is 4.29. The van der Waals surface area contributed by atoms with Crippen molar-refractivity contribution in [2.45, 2.75) is 26.9 Å². The molecule has 112 valence electrons. The average molecular weight is 303 g/mol. The molecule has 1 heterocycles. The maximum Gasteiger partial charge on any atom is 0.146 e. The summed E-state index contributed by atoms with van der Waals surface area (Å²) in [5.41, 5.74) is 7.61. The fourth-order valence-electron chi connectivity index (χ4n) is 2.11. The number of benzene rings is 1. The van der Waals surface area contributed by atoms with Crippen molar-refractivity contribution in [1.29, 1.82) is 0 Å². The van der Waals surface area contributed by atoms with Gasteiger partial charge in [-0.3, -0.25) is 0 Å². The first-order valence-corrected chi connectivity index (χ1v) is 7.36. The topological polar surface area (TPSA) is 60.0 Å². The summed E-state index contributed by atoms with van der Waals surface area (Å²) in [6, 6.07) is 7.90. The van der Waals surface area contributed by atoms with Crippen molar-refractivity contribution < 1.29 is 0 Å². The molecule has 0 saturated carbocycles. The number of nitrogens with two attached hydrogens (primary N) is 1. The summed E-state index contributed by atoms with van der Waals surface area (Å²) >= 11 is 5.03. The Morgan fingerprint density at radius 2 is 2.19 bits per heavy atom. The van der Waals surface area contributed by atoms with E-state index in [9.17, 15) is 0 Å². The number of nitrogens with zero attached hydrogens (tertiary/aromatic N) is 4. The van der Waals surface area contributed by atoms with E-state index in [2.05, 4.69) is 28.8 Å². The van der Waals surface area contributed by atoms with Gasteiger partial charge in [0.1, 0.15) is 17.1 Å². The molecule has 0 spiro atoms. The zero-order valence-electron chi connectivity index (χ0n) is 12.7. The van der Waals surface area contributed by atoms with Gasteiger partial charge in [-0.1, -0.05) is 38.2 Å². The normalized spacial score (nSPS) is 10.9. The van der Waals surface area contributed by atoms with Crippen molar-refractivity contribution in [3.63, 3.8) is 0 Å². The van der Waals surface area contributed by atoms with Crippen LogP contribution in [0.1, 0.15) is 25.2 Å². The molecule has 0 aliphatic carbocycles. The second kappa shape index (κ2) is 6.67. The van der Waals surface area contributed by atoms with E-state index in [0.29, 0.717) is 17.5 Å². The summed E-state index contributed by atoms with van der Waals surface area (Å²) in [7, 11) is 2.02. The van der Waals surface area contributed by atoms with Crippen LogP contribution < -0.4 is 10.6 Å². The zero-order valence-corrected chi connectivity index (χ0v) is 13.5. The third-order valence-corrected chi connectivity index (χ3v) is 3.42. The second-order valence-electron chi connectivity index (χ2n) is 5.52. The lowest BCUT2D eigenvalue weighted by Crippen LogP contribution is -2.21. The lowest BCUT2D eigenvalue weighted by molar-refractivity contribution is 0.465. The van der Waals surface area contributed by atoms with Gasteiger partial charge in [0.2, 0.25) is 0 Å². The second-order valence-corrected chi connectivity index (χ2v) is 5.96. The van der Waals surface area contributed by atoms with Gasteiger partial charge in [0, 0.05) is 24.8 Å². The first-order chi connectivity index (χ1) is 9.97. The molecule has 1 aromatic carbocycles. The largest absolute Gasteiger partial charge is 0.389 e. The van der Waals surface area contributed by atoms with Crippen LogP contribution in [0.15, 0.2) is 30.6 Å². The number of aromatic nitrogens is 3. The van der Waals surface area contributed by atoms with Gasteiger partial charge in [-0.15, -0.1) is 0 Å². The lowest BCUT2D eigenvalue weighted by atomic mass is 10.2. The van der Waals surface area contributed by atoms with E-state index in [1.807, 2.05) is 36.0 Å². The van der Waals surface area contributed by atoms with Crippen LogP contribution in [-0.2, 0) is 13.1 Å². The Bertz CT molecular complexity index is 620. The van der Waals surface area contributed by atoms with Crippen LogP contribution in [0.4, 0.5) is 5.69 Å². The molecule has 2 N–H and O–H groups in total. The summed E-state index contributed by atoms with van der Waals surface area (Å²) in [4.78, 5) is 6.88. The van der Waals surface area contributed by atoms with Gasteiger partial charge in [-0.05, 0) is 18.1 Å². The molecule has 0 radical (unpaired) electrons. The van der Waals surface area contributed by atoms with E-state index in [-0.39, 0.29) is 0 Å². The summed E-state index contributed by atoms with van der Waals surface area (Å²) in [6.07, 6.45) is 1.61. The number of rotatable bonds is 6. The molecule has 2 aromatic rings. The fourth-order valence-corrected chi connectivity index (χ4v) is 2.24. The smallest absolute Gasteiger partial charge is 0.146 e. The van der Waals surface area contributed by atoms with Crippen LogP contribution in [0.25, 0.3) is 0 Å². The van der Waals surface area contributed by atoms with Crippen LogP contribution in [0.5, 0.6) is 0 Å². The number of anilines is 1. The molecule has 0 unspecified atom stereocenters. The number of thiocarbonyl (C=S) groups is 1. The standard InChI is InChI=1S/C15H21N5S/c1-11(2)8-20-14(17-10-18-20)9-19(3)13-6-4-5-12(7-13)15(16)21/h4-7,10-11H,8-9H2,1-3H3,(H2,16,21). The molecular formula is C15H21N5S. The van der Waals surface area contributed by atoms with E-state index in [4.69, 9.17) is 18.0 Å². The molecule has 0 bridgehead atoms. The molecule has 0 aliphatic rings. The maximum absolute atomic E-state index is 5.68. The van der Waals surface area contributed by atoms with Gasteiger partial charge in [0.25, 0.3) is 0 Å². The minimum absolute atomic E-state index is 0.410. The highest BCUT2D eigenvalue weighted by atomic mass is 32.1. The van der Waals surface area contributed by atoms with Gasteiger partial charge in [0.15, 0.2) is 0 Å². The van der Waals surface area contributed by atoms with Crippen molar-refractivity contribution in [3.05, 3.63) is 42.0 Å². The molecule has 21 heavy (non-hydrogen) atoms. The maximum atomic E-state index is 5.68.